The lowest BCUT2D eigenvalue weighted by molar-refractivity contribution is -0.385. The highest BCUT2D eigenvalue weighted by Crippen LogP contribution is 2.35. The number of nitro groups is 5. The first-order valence-electron chi connectivity index (χ1n) is 34.3. The summed E-state index contributed by atoms with van der Waals surface area (Å²) in [6, 6.07) is 29.6. The number of aliphatic hydroxyl groups is 1. The fourth-order valence-electron chi connectivity index (χ4n) is 10.3. The lowest BCUT2D eigenvalue weighted by Gasteiger charge is -2.06. The predicted molar refractivity (Wildman–Crippen MR) is 462 cm³/mol. The molecular formula is C76H64Cl8N22O16. The highest BCUT2D eigenvalue weighted by Gasteiger charge is 2.21. The summed E-state index contributed by atoms with van der Waals surface area (Å²) in [5, 5.41) is 72.6. The Morgan fingerprint density at radius 3 is 1.16 bits per heavy atom. The van der Waals surface area contributed by atoms with Gasteiger partial charge in [-0.05, 0) is 118 Å². The number of nitrogen functional groups attached to an aromatic ring is 2. The van der Waals surface area contributed by atoms with Crippen LogP contribution in [0, 0.1) is 78.3 Å². The van der Waals surface area contributed by atoms with Crippen LogP contribution in [0.25, 0.3) is 67.7 Å². The normalized spacial score (nSPS) is 10.3. The maximum atomic E-state index is 11.2. The first-order valence-corrected chi connectivity index (χ1v) is 37.4. The average Bonchev–Trinajstić information content (AvgIpc) is 1.64. The minimum atomic E-state index is -1.21. The van der Waals surface area contributed by atoms with Gasteiger partial charge in [-0.3, -0.25) is 65.0 Å². The maximum absolute atomic E-state index is 11.2. The number of hydrogen-bond acceptors (Lipinski definition) is 29. The minimum absolute atomic E-state index is 0.0193. The number of aromatic carboxylic acids is 1. The Morgan fingerprint density at radius 1 is 0.459 bits per heavy atom. The van der Waals surface area contributed by atoms with E-state index in [0.717, 1.165) is 86.8 Å². The number of nitrogens with two attached hydrogens (primary N) is 2. The molecule has 7 aromatic carbocycles. The van der Waals surface area contributed by atoms with Gasteiger partial charge in [-0.1, -0.05) is 87.3 Å². The van der Waals surface area contributed by atoms with Gasteiger partial charge < -0.3 is 40.7 Å². The largest absolute Gasteiger partial charge is 0.478 e. The zero-order chi connectivity index (χ0) is 90.4. The summed E-state index contributed by atoms with van der Waals surface area (Å²) < 4.78 is 5.59. The molecular weight excluding hydrogens is 1760 g/mol. The number of fused-ring (bicyclic) bond motifs is 3. The van der Waals surface area contributed by atoms with E-state index in [1.807, 2.05) is 75.3 Å². The monoisotopic (exact) mass is 1820 g/mol. The van der Waals surface area contributed by atoms with Crippen molar-refractivity contribution in [3.05, 3.63) is 289 Å². The Hall–Kier alpha value is -13.6. The van der Waals surface area contributed by atoms with Crippen molar-refractivity contribution in [3.8, 4) is 34.2 Å². The second kappa shape index (κ2) is 43.4. The standard InChI is InChI=1S/C16H15ClN4O.C13H10ClN5O2.C13H12ClN5.C7H3Cl2NO3.C7H4ClNO4.C7H6ClNO3.C7H4ClNO3.C6H10N4/c1-9(22)6-11-4-5-12(13(17)7-11)15-20-14-8-18-10(2)19-16(14)21(15)3;1-7-15-6-11-13(16-7)18(2)12(17-11)9-4-3-8(19(20)21)5-10(9)14;1-7-16-6-11-13(17-7)19(2)12(18-11)9-4-3-8(15)5-10(9)14;8-6-3-4(10(12)13)1-2-5(6)7(9)11;8-6-3-4(9(12)13)1-2-5(6)7(10)11;2*8-7-3-6(9(11)12)2-1-5(7)4-10;1-4-9-3-5(7)6(8-2)10-4/h4-5,7-8H,6H2,1-3H3;3-6H,1-2H3;3-6H,15H2,1-2H3;1-3H;1-3H,(H,10,11);1-3,10H,4H2;1-4H;3H,7H2,1-2H3,(H,8,9,10). The second-order valence-corrected chi connectivity index (χ2v) is 28.1. The highest BCUT2D eigenvalue weighted by atomic mass is 35.5. The lowest BCUT2D eigenvalue weighted by Crippen LogP contribution is -2.01. The number of halogens is 8. The van der Waals surface area contributed by atoms with Gasteiger partial charge in [-0.2, -0.15) is 0 Å². The number of carboxylic acids is 1. The number of aldehydes is 1. The van der Waals surface area contributed by atoms with E-state index in [1.54, 1.807) is 68.4 Å². The third-order valence-electron chi connectivity index (χ3n) is 16.2. The van der Waals surface area contributed by atoms with Crippen LogP contribution >= 0.6 is 92.8 Å². The van der Waals surface area contributed by atoms with Crippen molar-refractivity contribution in [1.82, 2.24) is 68.5 Å². The molecule has 0 fully saturated rings. The molecule has 0 aliphatic heterocycles. The first kappa shape index (κ1) is 95.6. The summed E-state index contributed by atoms with van der Waals surface area (Å²) in [7, 11) is 7.40. The molecule has 7 heterocycles. The van der Waals surface area contributed by atoms with E-state index >= 15 is 0 Å². The number of nitrogens with one attached hydrogen (secondary N) is 1. The molecule has 122 heavy (non-hydrogen) atoms. The zero-order valence-electron chi connectivity index (χ0n) is 64.7. The van der Waals surface area contributed by atoms with E-state index in [-0.39, 0.29) is 82.6 Å². The number of nitro benzene ring substituents is 5. The summed E-state index contributed by atoms with van der Waals surface area (Å²) in [5.74, 6) is 4.43. The van der Waals surface area contributed by atoms with Gasteiger partial charge in [0, 0.05) is 123 Å². The number of imidazole rings is 3. The second-order valence-electron chi connectivity index (χ2n) is 24.9. The van der Waals surface area contributed by atoms with Crippen molar-refractivity contribution in [1.29, 1.82) is 0 Å². The third kappa shape index (κ3) is 25.5. The molecule has 0 saturated carbocycles. The molecule has 0 radical (unpaired) electrons. The topological polar surface area (TPSA) is 545 Å². The van der Waals surface area contributed by atoms with Crippen molar-refractivity contribution in [2.24, 2.45) is 21.1 Å². The molecule has 7 aromatic heterocycles. The van der Waals surface area contributed by atoms with Crippen molar-refractivity contribution < 1.29 is 54.0 Å². The van der Waals surface area contributed by atoms with E-state index in [1.165, 1.54) is 54.6 Å². The molecule has 0 spiro atoms. The van der Waals surface area contributed by atoms with Crippen molar-refractivity contribution in [2.45, 2.75) is 47.6 Å². The molecule has 7 N–H and O–H groups in total. The van der Waals surface area contributed by atoms with Crippen LogP contribution in [0.1, 0.15) is 72.4 Å². The molecule has 14 rings (SSSR count). The SMILES string of the molecule is CC(=O)Cc1ccc(-c2nc3cnc(C)nc3n2C)c(Cl)c1.CNc1nc(C)ncc1N.Cc1ncc2nc(-c3ccc(N)cc3Cl)n(C)c2n1.Cc1ncc2nc(-c3ccc([N+](=O)[O-])cc3Cl)n(C)c2n1.O=C(Cl)c1ccc([N+](=O)[O-])cc1Cl.O=C(O)c1ccc([N+](=O)[O-])cc1Cl.O=Cc1ccc([N+](=O)[O-])cc1Cl.O=[N+]([O-])c1ccc(CO)c(Cl)c1. The van der Waals surface area contributed by atoms with Gasteiger partial charge >= 0.3 is 5.97 Å². The Morgan fingerprint density at radius 2 is 0.811 bits per heavy atom. The molecule has 0 aliphatic rings. The van der Waals surface area contributed by atoms with Crippen molar-refractivity contribution in [3.63, 3.8) is 0 Å². The lowest BCUT2D eigenvalue weighted by atomic mass is 10.1. The number of benzene rings is 7. The number of aromatic nitrogens is 14. The van der Waals surface area contributed by atoms with Gasteiger partial charge in [-0.25, -0.2) is 59.6 Å². The van der Waals surface area contributed by atoms with E-state index < -0.39 is 35.8 Å². The van der Waals surface area contributed by atoms with Crippen LogP contribution in [0.15, 0.2) is 152 Å². The molecule has 0 aliphatic carbocycles. The maximum Gasteiger partial charge on any atom is 0.337 e. The van der Waals surface area contributed by atoms with Gasteiger partial charge in [-0.15, -0.1) is 0 Å². The number of carbonyl (C=O) groups is 4. The van der Waals surface area contributed by atoms with E-state index in [2.05, 4.69) is 60.1 Å². The van der Waals surface area contributed by atoms with Crippen LogP contribution in [-0.2, 0) is 39.0 Å². The van der Waals surface area contributed by atoms with Gasteiger partial charge in [0.15, 0.2) is 29.0 Å². The smallest absolute Gasteiger partial charge is 0.337 e. The van der Waals surface area contributed by atoms with Crippen LogP contribution in [0.4, 0.5) is 45.6 Å². The minimum Gasteiger partial charge on any atom is -0.478 e. The number of carboxylic acid groups (broad SMARTS) is 1. The molecule has 0 saturated heterocycles. The number of aliphatic hydroxyl groups excluding tert-OH is 1. The Balaban J connectivity index is 0.000000195. The fraction of sp³-hybridized carbons (Fsp3) is 0.145. The molecule has 46 heteroatoms. The number of non-ortho nitro benzene ring substituents is 5. The molecule has 0 amide bonds. The van der Waals surface area contributed by atoms with E-state index in [0.29, 0.717) is 85.5 Å². The van der Waals surface area contributed by atoms with Gasteiger partial charge in [0.1, 0.15) is 63.1 Å². The van der Waals surface area contributed by atoms with Crippen LogP contribution in [0.3, 0.4) is 0 Å². The van der Waals surface area contributed by atoms with E-state index in [4.69, 9.17) is 114 Å². The number of ketones is 1. The third-order valence-corrected chi connectivity index (χ3v) is 18.7. The van der Waals surface area contributed by atoms with Crippen molar-refractivity contribution >= 4 is 195 Å². The van der Waals surface area contributed by atoms with Crippen LogP contribution in [-0.4, -0.2) is 134 Å². The number of anilines is 3. The summed E-state index contributed by atoms with van der Waals surface area (Å²) >= 11 is 46.1. The zero-order valence-corrected chi connectivity index (χ0v) is 70.8. The quantitative estimate of drug-likeness (QED) is 0.0209. The molecule has 0 unspecified atom stereocenters. The molecule has 38 nitrogen and oxygen atoms in total. The van der Waals surface area contributed by atoms with Crippen molar-refractivity contribution in [2.75, 3.05) is 23.8 Å². The van der Waals surface area contributed by atoms with Crippen LogP contribution in [0.5, 0.6) is 0 Å². The molecule has 0 atom stereocenters. The van der Waals surface area contributed by atoms with Gasteiger partial charge in [0.25, 0.3) is 33.7 Å². The Labute approximate surface area is 728 Å². The first-order chi connectivity index (χ1) is 57.6. The Kier molecular flexibility index (Phi) is 34.0. The number of Topliss-reactive ketones (excluding diaryl/α,β-unsaturated/α-hetero) is 1. The summed E-state index contributed by atoms with van der Waals surface area (Å²) in [6.45, 7) is 8.66. The van der Waals surface area contributed by atoms with E-state index in [9.17, 15) is 69.7 Å². The number of carbonyl (C=O) groups excluding carboxylic acids is 3. The summed E-state index contributed by atoms with van der Waals surface area (Å²) in [6.07, 6.45) is 7.58. The summed E-state index contributed by atoms with van der Waals surface area (Å²) in [4.78, 5) is 138. The van der Waals surface area contributed by atoms with Crippen LogP contribution in [0.2, 0.25) is 35.2 Å². The fourth-order valence-corrected chi connectivity index (χ4v) is 12.3. The number of rotatable bonds is 15. The Bertz CT molecular complexity index is 6300. The summed E-state index contributed by atoms with van der Waals surface area (Å²) in [5.41, 5.74) is 19.9. The number of hydrogen-bond donors (Lipinski definition) is 5. The number of aryl methyl sites for hydroxylation is 7. The average molecular weight is 1830 g/mol. The predicted octanol–water partition coefficient (Wildman–Crippen LogP) is 17.4. The highest BCUT2D eigenvalue weighted by molar-refractivity contribution is 6.68. The number of nitrogens with zero attached hydrogens (tertiary/aromatic N) is 19. The molecule has 14 aromatic rings. The molecule has 0 bridgehead atoms. The van der Waals surface area contributed by atoms with Gasteiger partial charge in [0.2, 0.25) is 0 Å². The van der Waals surface area contributed by atoms with Gasteiger partial charge in [0.05, 0.1) is 108 Å². The molecule has 630 valence electrons. The van der Waals surface area contributed by atoms with Crippen LogP contribution < -0.4 is 16.8 Å².